The van der Waals surface area contributed by atoms with E-state index in [1.165, 1.54) is 57.8 Å². The van der Waals surface area contributed by atoms with Crippen LogP contribution >= 0.6 is 7.82 Å². The van der Waals surface area contributed by atoms with Gasteiger partial charge in [-0.05, 0) is 64.2 Å². The maximum Gasteiger partial charge on any atom is 0.472 e. The molecule has 2 unspecified atom stereocenters. The molecule has 0 rings (SSSR count). The molecule has 0 aromatic rings. The van der Waals surface area contributed by atoms with E-state index < -0.39 is 32.5 Å². The highest BCUT2D eigenvalue weighted by Crippen LogP contribution is 2.43. The summed E-state index contributed by atoms with van der Waals surface area (Å²) in [7, 11) is -4.38. The zero-order valence-electron chi connectivity index (χ0n) is 34.6. The number of unbranched alkanes of at least 4 members (excludes halogenated alkanes) is 16. The lowest BCUT2D eigenvalue weighted by Gasteiger charge is -2.19. The van der Waals surface area contributed by atoms with Crippen LogP contribution in [0.4, 0.5) is 0 Å². The zero-order chi connectivity index (χ0) is 40.3. The first kappa shape index (κ1) is 52.5. The summed E-state index contributed by atoms with van der Waals surface area (Å²) in [5.74, 6) is -0.861. The van der Waals surface area contributed by atoms with E-state index in [0.29, 0.717) is 6.42 Å². The number of esters is 2. The molecular formula is C45H78NO8P. The predicted octanol–water partition coefficient (Wildman–Crippen LogP) is 12.3. The Labute approximate surface area is 335 Å². The van der Waals surface area contributed by atoms with Crippen molar-refractivity contribution >= 4 is 19.8 Å². The number of hydrogen-bond acceptors (Lipinski definition) is 8. The molecule has 0 radical (unpaired) electrons. The first-order valence-corrected chi connectivity index (χ1v) is 22.9. The van der Waals surface area contributed by atoms with Crippen LogP contribution in [0.1, 0.15) is 168 Å². The van der Waals surface area contributed by atoms with Crippen molar-refractivity contribution in [3.63, 3.8) is 0 Å². The maximum absolute atomic E-state index is 12.5. The largest absolute Gasteiger partial charge is 0.472 e. The minimum atomic E-state index is -4.38. The van der Waals surface area contributed by atoms with E-state index in [2.05, 4.69) is 68.5 Å². The van der Waals surface area contributed by atoms with Crippen LogP contribution in [0.15, 0.2) is 72.9 Å². The summed E-state index contributed by atoms with van der Waals surface area (Å²) in [6.45, 7) is 3.45. The highest BCUT2D eigenvalue weighted by Gasteiger charge is 2.26. The van der Waals surface area contributed by atoms with Gasteiger partial charge in [0, 0.05) is 19.4 Å². The molecule has 3 N–H and O–H groups in total. The number of phosphoric acid groups is 1. The van der Waals surface area contributed by atoms with E-state index in [1.807, 2.05) is 18.2 Å². The topological polar surface area (TPSA) is 134 Å². The van der Waals surface area contributed by atoms with E-state index in [-0.39, 0.29) is 32.6 Å². The van der Waals surface area contributed by atoms with Gasteiger partial charge in [-0.1, -0.05) is 164 Å². The summed E-state index contributed by atoms with van der Waals surface area (Å²) in [6, 6.07) is 0. The zero-order valence-corrected chi connectivity index (χ0v) is 35.5. The Morgan fingerprint density at radius 2 is 1.04 bits per heavy atom. The summed E-state index contributed by atoms with van der Waals surface area (Å²) in [5, 5.41) is 0. The Morgan fingerprint density at radius 3 is 1.60 bits per heavy atom. The van der Waals surface area contributed by atoms with E-state index in [9.17, 15) is 19.0 Å². The monoisotopic (exact) mass is 792 g/mol. The average molecular weight is 792 g/mol. The molecule has 9 nitrogen and oxygen atoms in total. The predicted molar refractivity (Wildman–Crippen MR) is 229 cm³/mol. The van der Waals surface area contributed by atoms with Gasteiger partial charge in [0.2, 0.25) is 0 Å². The van der Waals surface area contributed by atoms with Crippen molar-refractivity contribution in [2.45, 2.75) is 174 Å². The summed E-state index contributed by atoms with van der Waals surface area (Å²) in [4.78, 5) is 34.8. The lowest BCUT2D eigenvalue weighted by Crippen LogP contribution is -2.29. The Balaban J connectivity index is 4.12. The minimum absolute atomic E-state index is 0.0460. The molecule has 316 valence electrons. The molecule has 55 heavy (non-hydrogen) atoms. The quantitative estimate of drug-likeness (QED) is 0.0205. The second-order valence-electron chi connectivity index (χ2n) is 13.9. The number of hydrogen-bond donors (Lipinski definition) is 2. The lowest BCUT2D eigenvalue weighted by atomic mass is 10.0. The lowest BCUT2D eigenvalue weighted by molar-refractivity contribution is -0.161. The number of allylic oxidation sites excluding steroid dienone is 12. The van der Waals surface area contributed by atoms with Crippen LogP contribution in [0, 0.1) is 0 Å². The standard InChI is InChI=1S/C45H78NO8P/c1-3-5-7-9-11-13-15-17-18-19-20-21-22-23-24-26-27-29-31-33-35-37-44(47)51-41-43(42-53-55(49,50)52-40-39-46)54-45(48)38-36-34-32-30-28-25-16-14-12-10-8-6-4-2/h5-8,10-14,16-18,43H,3-4,9,15,19-42,46H2,1-2H3,(H,49,50)/b7-5+,8-6+,12-10+,13-11+,16-14+,18-17+. The second-order valence-corrected chi connectivity index (χ2v) is 15.3. The molecule has 0 fully saturated rings. The maximum atomic E-state index is 12.5. The van der Waals surface area contributed by atoms with Gasteiger partial charge in [-0.25, -0.2) is 4.57 Å². The molecule has 0 aromatic carbocycles. The third kappa shape index (κ3) is 40.9. The summed E-state index contributed by atoms with van der Waals surface area (Å²) < 4.78 is 32.7. The summed E-state index contributed by atoms with van der Waals surface area (Å²) in [6.07, 6.45) is 49.4. The number of carbonyl (C=O) groups is 2. The molecule has 0 bridgehead atoms. The molecule has 0 aliphatic rings. The van der Waals surface area contributed by atoms with E-state index in [4.69, 9.17) is 24.3 Å². The molecule has 2 atom stereocenters. The number of phosphoric ester groups is 1. The molecule has 0 amide bonds. The molecule has 0 saturated carbocycles. The van der Waals surface area contributed by atoms with Crippen molar-refractivity contribution in [2.75, 3.05) is 26.4 Å². The van der Waals surface area contributed by atoms with E-state index >= 15 is 0 Å². The van der Waals surface area contributed by atoms with Gasteiger partial charge in [0.15, 0.2) is 6.10 Å². The number of carbonyl (C=O) groups excluding carboxylic acids is 2. The van der Waals surface area contributed by atoms with Crippen LogP contribution in [-0.2, 0) is 32.7 Å². The van der Waals surface area contributed by atoms with Crippen LogP contribution in [0.3, 0.4) is 0 Å². The highest BCUT2D eigenvalue weighted by atomic mass is 31.2. The van der Waals surface area contributed by atoms with Crippen molar-refractivity contribution in [1.82, 2.24) is 0 Å². The number of ether oxygens (including phenoxy) is 2. The average Bonchev–Trinajstić information content (AvgIpc) is 3.17. The molecule has 0 aliphatic carbocycles. The highest BCUT2D eigenvalue weighted by molar-refractivity contribution is 7.47. The van der Waals surface area contributed by atoms with Gasteiger partial charge < -0.3 is 20.1 Å². The fourth-order valence-corrected chi connectivity index (χ4v) is 6.30. The smallest absolute Gasteiger partial charge is 0.462 e. The number of rotatable bonds is 39. The molecule has 0 spiro atoms. The van der Waals surface area contributed by atoms with Crippen molar-refractivity contribution in [2.24, 2.45) is 5.73 Å². The third-order valence-corrected chi connectivity index (χ3v) is 9.63. The van der Waals surface area contributed by atoms with Gasteiger partial charge in [-0.2, -0.15) is 0 Å². The minimum Gasteiger partial charge on any atom is -0.462 e. The Morgan fingerprint density at radius 1 is 0.564 bits per heavy atom. The van der Waals surface area contributed by atoms with Crippen molar-refractivity contribution in [3.8, 4) is 0 Å². The van der Waals surface area contributed by atoms with E-state index in [1.54, 1.807) is 0 Å². The van der Waals surface area contributed by atoms with Gasteiger partial charge >= 0.3 is 19.8 Å². The summed E-state index contributed by atoms with van der Waals surface area (Å²) >= 11 is 0. The van der Waals surface area contributed by atoms with Crippen LogP contribution in [-0.4, -0.2) is 49.3 Å². The normalized spacial score (nSPS) is 14.0. The van der Waals surface area contributed by atoms with Crippen LogP contribution in [0.25, 0.3) is 0 Å². The Hall–Kier alpha value is -2.55. The van der Waals surface area contributed by atoms with Crippen molar-refractivity contribution < 1.29 is 37.6 Å². The molecule has 0 aromatic heterocycles. The molecular weight excluding hydrogens is 713 g/mol. The summed E-state index contributed by atoms with van der Waals surface area (Å²) in [5.41, 5.74) is 5.34. The van der Waals surface area contributed by atoms with Gasteiger partial charge in [-0.15, -0.1) is 0 Å². The van der Waals surface area contributed by atoms with Crippen molar-refractivity contribution in [3.05, 3.63) is 72.9 Å². The molecule has 10 heteroatoms. The van der Waals surface area contributed by atoms with Crippen LogP contribution in [0.2, 0.25) is 0 Å². The Bertz CT molecular complexity index is 1130. The molecule has 0 aliphatic heterocycles. The third-order valence-electron chi connectivity index (χ3n) is 8.65. The van der Waals surface area contributed by atoms with Gasteiger partial charge in [0.25, 0.3) is 0 Å². The van der Waals surface area contributed by atoms with Gasteiger partial charge in [0.1, 0.15) is 6.61 Å². The van der Waals surface area contributed by atoms with Crippen molar-refractivity contribution in [1.29, 1.82) is 0 Å². The Kier molecular flexibility index (Phi) is 39.2. The van der Waals surface area contributed by atoms with Crippen LogP contribution < -0.4 is 5.73 Å². The first-order valence-electron chi connectivity index (χ1n) is 21.4. The number of nitrogens with two attached hydrogens (primary N) is 1. The fourth-order valence-electron chi connectivity index (χ4n) is 5.53. The first-order chi connectivity index (χ1) is 26.8. The van der Waals surface area contributed by atoms with Crippen LogP contribution in [0.5, 0.6) is 0 Å². The molecule has 0 saturated heterocycles. The fraction of sp³-hybridized carbons (Fsp3) is 0.689. The SMILES string of the molecule is CC/C=C/C=C/C=C/CCCCCCCC(=O)OC(COC(=O)CCCCCCCCCCCCC/C=C/C/C=C/C/C=C/CC)COP(=O)(O)OCCN. The molecule has 0 heterocycles. The second kappa shape index (κ2) is 41.1. The van der Waals surface area contributed by atoms with Gasteiger partial charge in [0.05, 0.1) is 13.2 Å². The van der Waals surface area contributed by atoms with Gasteiger partial charge in [-0.3, -0.25) is 18.6 Å². The van der Waals surface area contributed by atoms with E-state index in [0.717, 1.165) is 77.0 Å².